The summed E-state index contributed by atoms with van der Waals surface area (Å²) in [4.78, 5) is 98.6. The third kappa shape index (κ3) is 49.1. The molecule has 106 heavy (non-hydrogen) atoms. The van der Waals surface area contributed by atoms with Gasteiger partial charge in [-0.25, -0.2) is 0 Å². The molecule has 0 fully saturated rings. The fourth-order valence-corrected chi connectivity index (χ4v) is 17.4. The van der Waals surface area contributed by atoms with Gasteiger partial charge in [0.1, 0.15) is 7.06 Å². The van der Waals surface area contributed by atoms with Gasteiger partial charge in [0.15, 0.2) is 16.8 Å². The molecule has 2 unspecified atom stereocenters. The first-order chi connectivity index (χ1) is 49.0. The molecule has 0 aliphatic heterocycles. The number of aryl methyl sites for hydroxylation is 6. The van der Waals surface area contributed by atoms with Crippen LogP contribution in [0.3, 0.4) is 0 Å². The van der Waals surface area contributed by atoms with E-state index in [9.17, 15) is 38.4 Å². The SMILES string of the molecule is C.C.C.C=CC(=O)CCCCCC(=O)O.C=CC(=O)N(C)C.CCCCCCSC(=S)SC(CC(Cc1ccccc1)C(=O)N(C)C)C(=O)NCCCCC(=O)O.CCCCCCSC(=S)SCc1ccccc1.CCO.Cc1cc(C)c(C(=O)P(C(=O)c2c(C)cc(C)cc2C)c2ccccc2)c(C)c1. The minimum absolute atomic E-state index is 0. The number of aliphatic hydroxyl groups excluding tert-OH is 1. The summed E-state index contributed by atoms with van der Waals surface area (Å²) in [5, 5.41) is 27.9. The number of rotatable bonds is 37. The molecule has 14 nitrogen and oxygen atoms in total. The number of thiocarbonyl (C=S) groups is 2. The van der Waals surface area contributed by atoms with Gasteiger partial charge in [-0.05, 0) is 162 Å². The number of carbonyl (C=O) groups is 8. The minimum Gasteiger partial charge on any atom is -0.481 e. The highest BCUT2D eigenvalue weighted by molar-refractivity contribution is 8.47. The van der Waals surface area contributed by atoms with E-state index in [0.29, 0.717) is 56.2 Å². The van der Waals surface area contributed by atoms with Gasteiger partial charge in [-0.3, -0.25) is 38.4 Å². The van der Waals surface area contributed by atoms with Crippen LogP contribution in [0.4, 0.5) is 0 Å². The molecular weight excluding hydrogens is 1460 g/mol. The first-order valence-electron chi connectivity index (χ1n) is 35.4. The monoisotopic (exact) mass is 1590 g/mol. The van der Waals surface area contributed by atoms with Gasteiger partial charge in [-0.15, -0.1) is 35.3 Å². The zero-order valence-electron chi connectivity index (χ0n) is 63.4. The van der Waals surface area contributed by atoms with Crippen LogP contribution in [0.2, 0.25) is 0 Å². The van der Waals surface area contributed by atoms with E-state index >= 15 is 0 Å². The lowest BCUT2D eigenvalue weighted by atomic mass is 9.93. The van der Waals surface area contributed by atoms with Crippen LogP contribution >= 0.6 is 79.4 Å². The summed E-state index contributed by atoms with van der Waals surface area (Å²) in [6, 6.07) is 38.0. The Morgan fingerprint density at radius 1 is 0.528 bits per heavy atom. The van der Waals surface area contributed by atoms with Crippen molar-refractivity contribution in [3.8, 4) is 0 Å². The van der Waals surface area contributed by atoms with Crippen LogP contribution in [0.25, 0.3) is 0 Å². The van der Waals surface area contributed by atoms with Crippen molar-refractivity contribution in [1.29, 1.82) is 0 Å². The maximum absolute atomic E-state index is 13.8. The average Bonchev–Trinajstić information content (AvgIpc) is 0.778. The molecule has 0 radical (unpaired) electrons. The van der Waals surface area contributed by atoms with E-state index in [0.717, 1.165) is 82.1 Å². The fourth-order valence-electron chi connectivity index (χ4n) is 10.2. The van der Waals surface area contributed by atoms with E-state index in [4.69, 9.17) is 39.8 Å². The lowest BCUT2D eigenvalue weighted by Crippen LogP contribution is -2.39. The second-order valence-corrected chi connectivity index (χ2v) is 33.7. The molecule has 5 rings (SSSR count). The standard InChI is InChI=1S/C26H40N2O4S3.C26H27O2P.C14H20S3.C9H14O3.C5H9NO.C2H6O.3CH4/c1-4-5-6-12-17-34-26(33)35-22(24(31)27-16-11-10-15-23(29)30)19-21(25(32)28(2)3)18-20-13-8-7-9-14-20;1-16-12-18(3)23(19(4)13-16)25(27)29(22-10-8-7-9-11-22)26(28)24-20(5)14-17(2)15-21(24)6;1-2-3-4-8-11-16-14(15)17-12-13-9-6-5-7-10-13;1-2-8(10)6-4-3-5-7-9(11)12;1-4-5(7)6(2)3;1-2-3;;;/h7-9,13-14,21-22H,4-6,10-12,15-19H2,1-3H3,(H,27,31)(H,29,30);7-15H,1-6H3;5-7,9-10H,2-4,8,11-12H2,1H3;2H,1,3-7H2,(H,11,12);4H,1H2,2-3H3;3H,2H2,1H3;3*1H4. The van der Waals surface area contributed by atoms with Gasteiger partial charge < -0.3 is 30.4 Å². The number of amides is 3. The number of carbonyl (C=O) groups excluding carboxylic acids is 6. The van der Waals surface area contributed by atoms with Crippen molar-refractivity contribution in [3.63, 3.8) is 0 Å². The van der Waals surface area contributed by atoms with Crippen LogP contribution < -0.4 is 10.6 Å². The van der Waals surface area contributed by atoms with E-state index in [1.807, 2.05) is 138 Å². The maximum Gasteiger partial charge on any atom is 0.303 e. The number of likely N-dealkylation sites (N-methyl/N-ethyl adjacent to an activating group) is 1. The predicted molar refractivity (Wildman–Crippen MR) is 470 cm³/mol. The second kappa shape index (κ2) is 64.9. The van der Waals surface area contributed by atoms with E-state index in [1.54, 1.807) is 63.5 Å². The zero-order valence-corrected chi connectivity index (χ0v) is 69.1. The van der Waals surface area contributed by atoms with Crippen LogP contribution in [-0.4, -0.2) is 137 Å². The van der Waals surface area contributed by atoms with E-state index in [1.165, 1.54) is 85.1 Å². The third-order valence-corrected chi connectivity index (χ3v) is 23.1. The Hall–Kier alpha value is -6.09. The van der Waals surface area contributed by atoms with Gasteiger partial charge in [0.2, 0.25) is 17.7 Å². The molecule has 5 aromatic rings. The van der Waals surface area contributed by atoms with Gasteiger partial charge >= 0.3 is 11.9 Å². The fraction of sp³-hybridized carbons (Fsp3) is 0.482. The van der Waals surface area contributed by atoms with Gasteiger partial charge in [-0.2, -0.15) is 0 Å². The first-order valence-corrected chi connectivity index (χ1v) is 41.4. The largest absolute Gasteiger partial charge is 0.481 e. The van der Waals surface area contributed by atoms with Gasteiger partial charge in [0, 0.05) is 83.4 Å². The van der Waals surface area contributed by atoms with Gasteiger partial charge in [0.25, 0.3) is 0 Å². The van der Waals surface area contributed by atoms with Gasteiger partial charge in [0.05, 0.1) is 13.2 Å². The molecule has 5 aromatic carbocycles. The number of thioether (sulfide) groups is 4. The number of hydrogen-bond donors (Lipinski definition) is 4. The lowest BCUT2D eigenvalue weighted by molar-refractivity contribution is -0.138. The van der Waals surface area contributed by atoms with Crippen molar-refractivity contribution in [2.45, 2.75) is 211 Å². The van der Waals surface area contributed by atoms with E-state index in [2.05, 4.69) is 62.7 Å². The smallest absolute Gasteiger partial charge is 0.303 e. The number of benzene rings is 5. The van der Waals surface area contributed by atoms with Crippen molar-refractivity contribution >= 4 is 138 Å². The Kier molecular flexibility index (Phi) is 65.0. The number of allylic oxidation sites excluding steroid dienone is 1. The Bertz CT molecular complexity index is 3260. The highest BCUT2D eigenvalue weighted by atomic mass is 32.2. The number of nitrogens with one attached hydrogen (secondary N) is 1. The Morgan fingerprint density at radius 3 is 1.33 bits per heavy atom. The highest BCUT2D eigenvalue weighted by Crippen LogP contribution is 2.45. The number of aliphatic carboxylic acids is 2. The molecule has 0 saturated carbocycles. The summed E-state index contributed by atoms with van der Waals surface area (Å²) in [6.07, 6.45) is 17.6. The number of aliphatic hydroxyl groups is 1. The molecule has 0 bridgehead atoms. The summed E-state index contributed by atoms with van der Waals surface area (Å²) in [7, 11) is 5.15. The number of unbranched alkanes of at least 4 members (excludes halogenated alkanes) is 9. The molecule has 0 aromatic heterocycles. The molecule has 590 valence electrons. The highest BCUT2D eigenvalue weighted by Gasteiger charge is 2.34. The molecule has 0 saturated heterocycles. The van der Waals surface area contributed by atoms with Crippen LogP contribution in [0.15, 0.2) is 141 Å². The number of nitrogens with zero attached hydrogens (tertiary/aromatic N) is 2. The summed E-state index contributed by atoms with van der Waals surface area (Å²) in [5.74, 6) is 0.977. The number of ketones is 1. The summed E-state index contributed by atoms with van der Waals surface area (Å²) >= 11 is 17.6. The van der Waals surface area contributed by atoms with Crippen molar-refractivity contribution in [2.75, 3.05) is 52.8 Å². The minimum atomic E-state index is -1.69. The molecular formula is C85H128N3O11PS6. The van der Waals surface area contributed by atoms with Crippen molar-refractivity contribution < 1.29 is 53.7 Å². The molecule has 0 aliphatic carbocycles. The van der Waals surface area contributed by atoms with Crippen LogP contribution in [0.1, 0.15) is 217 Å². The van der Waals surface area contributed by atoms with Crippen LogP contribution in [0.5, 0.6) is 0 Å². The normalized spacial score (nSPS) is 10.6. The van der Waals surface area contributed by atoms with E-state index in [-0.39, 0.29) is 82.2 Å². The zero-order chi connectivity index (χ0) is 77.7. The predicted octanol–water partition coefficient (Wildman–Crippen LogP) is 21.2. The number of hydrogen-bond acceptors (Lipinski definition) is 15. The van der Waals surface area contributed by atoms with Crippen molar-refractivity contribution in [3.05, 3.63) is 196 Å². The molecule has 0 aliphatic rings. The van der Waals surface area contributed by atoms with Crippen LogP contribution in [-0.2, 0) is 40.9 Å². The Morgan fingerprint density at radius 2 is 0.934 bits per heavy atom. The first kappa shape index (κ1) is 106. The quantitative estimate of drug-likeness (QED) is 0.0126. The summed E-state index contributed by atoms with van der Waals surface area (Å²) < 4.78 is 1.81. The maximum atomic E-state index is 13.8. The topological polar surface area (TPSA) is 216 Å². The molecule has 4 N–H and O–H groups in total. The summed E-state index contributed by atoms with van der Waals surface area (Å²) in [5.41, 5.74) is 9.61. The Labute approximate surface area is 668 Å². The number of carboxylic acid groups (broad SMARTS) is 2. The summed E-state index contributed by atoms with van der Waals surface area (Å²) in [6.45, 7) is 25.3. The average molecular weight is 1590 g/mol. The molecule has 0 spiro atoms. The lowest BCUT2D eigenvalue weighted by Gasteiger charge is -2.25. The third-order valence-electron chi connectivity index (χ3n) is 15.3. The molecule has 3 amide bonds. The van der Waals surface area contributed by atoms with E-state index < -0.39 is 25.1 Å². The van der Waals surface area contributed by atoms with Crippen LogP contribution in [0, 0.1) is 47.5 Å². The van der Waals surface area contributed by atoms with Crippen molar-refractivity contribution in [2.24, 2.45) is 5.92 Å². The number of carboxylic acids is 2. The Balaban J connectivity index is -0.000000655. The molecule has 2 atom stereocenters. The van der Waals surface area contributed by atoms with Gasteiger partial charge in [-0.1, -0.05) is 257 Å². The van der Waals surface area contributed by atoms with Crippen molar-refractivity contribution in [1.82, 2.24) is 15.1 Å². The molecule has 21 heteroatoms. The second-order valence-electron chi connectivity index (χ2n) is 24.9. The molecule has 0 heterocycles.